The van der Waals surface area contributed by atoms with Crippen molar-refractivity contribution in [3.63, 3.8) is 0 Å². The van der Waals surface area contributed by atoms with Crippen molar-refractivity contribution in [2.75, 3.05) is 26.0 Å². The second-order valence-electron chi connectivity index (χ2n) is 4.63. The molecule has 0 unspecified atom stereocenters. The maximum Gasteiger partial charge on any atom is 0.125 e. The minimum absolute atomic E-state index is 0.144. The number of hydrogen-bond acceptors (Lipinski definition) is 4. The summed E-state index contributed by atoms with van der Waals surface area (Å²) in [4.78, 5) is 6.37. The van der Waals surface area contributed by atoms with Crippen LogP contribution in [0.25, 0.3) is 0 Å². The van der Waals surface area contributed by atoms with Gasteiger partial charge in [-0.1, -0.05) is 6.07 Å². The largest absolute Gasteiger partial charge is 0.394 e. The predicted octanol–water partition coefficient (Wildman–Crippen LogP) is 1.33. The van der Waals surface area contributed by atoms with Gasteiger partial charge in [0.05, 0.1) is 6.61 Å². The summed E-state index contributed by atoms with van der Waals surface area (Å²) in [5.74, 6) is 0.868. The molecule has 1 aromatic heterocycles. The lowest BCUT2D eigenvalue weighted by molar-refractivity contribution is 0.0733. The zero-order valence-electron chi connectivity index (χ0n) is 10.5. The molecule has 0 saturated heterocycles. The van der Waals surface area contributed by atoms with Gasteiger partial charge in [0, 0.05) is 25.3 Å². The van der Waals surface area contributed by atoms with Gasteiger partial charge in [0.25, 0.3) is 0 Å². The fourth-order valence-electron chi connectivity index (χ4n) is 1.27. The highest BCUT2D eigenvalue weighted by molar-refractivity contribution is 5.34. The van der Waals surface area contributed by atoms with Crippen molar-refractivity contribution < 1.29 is 5.11 Å². The molecule has 0 amide bonds. The molecule has 0 atom stereocenters. The Balaban J connectivity index is 2.66. The van der Waals surface area contributed by atoms with Gasteiger partial charge < -0.3 is 10.4 Å². The zero-order chi connectivity index (χ0) is 12.2. The summed E-state index contributed by atoms with van der Waals surface area (Å²) < 4.78 is 0. The van der Waals surface area contributed by atoms with Crippen LogP contribution in [0.4, 0.5) is 5.82 Å². The average molecular weight is 223 g/mol. The van der Waals surface area contributed by atoms with Crippen LogP contribution >= 0.6 is 0 Å². The molecule has 0 spiro atoms. The summed E-state index contributed by atoms with van der Waals surface area (Å²) in [5, 5.41) is 12.2. The smallest absolute Gasteiger partial charge is 0.125 e. The molecule has 4 heteroatoms. The van der Waals surface area contributed by atoms with Crippen LogP contribution in [0.2, 0.25) is 0 Å². The highest BCUT2D eigenvalue weighted by Gasteiger charge is 2.22. The predicted molar refractivity (Wildman–Crippen MR) is 66.4 cm³/mol. The van der Waals surface area contributed by atoms with E-state index in [1.807, 2.05) is 46.3 Å². The van der Waals surface area contributed by atoms with Gasteiger partial charge in [0.15, 0.2) is 0 Å². The standard InChI is InChI=1S/C12H21N3O/c1-12(2,9-16)15(4)8-10-5-6-11(13-3)14-7-10/h5-7,16H,8-9H2,1-4H3,(H,13,14). The maximum atomic E-state index is 9.26. The van der Waals surface area contributed by atoms with Crippen molar-refractivity contribution in [1.29, 1.82) is 0 Å². The fourth-order valence-corrected chi connectivity index (χ4v) is 1.27. The molecule has 0 radical (unpaired) electrons. The third kappa shape index (κ3) is 3.18. The minimum atomic E-state index is -0.207. The van der Waals surface area contributed by atoms with E-state index in [2.05, 4.69) is 15.2 Å². The number of aromatic nitrogens is 1. The van der Waals surface area contributed by atoms with Crippen LogP contribution in [0.15, 0.2) is 18.3 Å². The van der Waals surface area contributed by atoms with Crippen molar-refractivity contribution in [2.45, 2.75) is 25.9 Å². The first-order valence-electron chi connectivity index (χ1n) is 5.44. The van der Waals surface area contributed by atoms with Gasteiger partial charge in [-0.2, -0.15) is 0 Å². The second-order valence-corrected chi connectivity index (χ2v) is 4.63. The first-order valence-corrected chi connectivity index (χ1v) is 5.44. The maximum absolute atomic E-state index is 9.26. The molecule has 0 aliphatic rings. The topological polar surface area (TPSA) is 48.4 Å². The van der Waals surface area contributed by atoms with Crippen LogP contribution in [0.1, 0.15) is 19.4 Å². The molecule has 0 fully saturated rings. The number of hydrogen-bond donors (Lipinski definition) is 2. The van der Waals surface area contributed by atoms with Crippen LogP contribution in [-0.4, -0.2) is 41.2 Å². The van der Waals surface area contributed by atoms with Gasteiger partial charge in [-0.3, -0.25) is 4.90 Å². The number of aliphatic hydroxyl groups excluding tert-OH is 1. The Bertz CT molecular complexity index is 322. The Morgan fingerprint density at radius 3 is 2.56 bits per heavy atom. The van der Waals surface area contributed by atoms with Crippen molar-refractivity contribution in [3.8, 4) is 0 Å². The van der Waals surface area contributed by atoms with Gasteiger partial charge in [-0.05, 0) is 32.5 Å². The van der Waals surface area contributed by atoms with Crippen molar-refractivity contribution in [2.24, 2.45) is 0 Å². The monoisotopic (exact) mass is 223 g/mol. The fraction of sp³-hybridized carbons (Fsp3) is 0.583. The van der Waals surface area contributed by atoms with Gasteiger partial charge >= 0.3 is 0 Å². The van der Waals surface area contributed by atoms with Crippen molar-refractivity contribution in [3.05, 3.63) is 23.9 Å². The van der Waals surface area contributed by atoms with Crippen LogP contribution < -0.4 is 5.32 Å². The molecular weight excluding hydrogens is 202 g/mol. The number of likely N-dealkylation sites (N-methyl/N-ethyl adjacent to an activating group) is 1. The highest BCUT2D eigenvalue weighted by atomic mass is 16.3. The molecule has 16 heavy (non-hydrogen) atoms. The summed E-state index contributed by atoms with van der Waals surface area (Å²) >= 11 is 0. The summed E-state index contributed by atoms with van der Waals surface area (Å²) in [7, 11) is 3.85. The number of nitrogens with one attached hydrogen (secondary N) is 1. The highest BCUT2D eigenvalue weighted by Crippen LogP contribution is 2.15. The lowest BCUT2D eigenvalue weighted by Crippen LogP contribution is -2.43. The lowest BCUT2D eigenvalue weighted by Gasteiger charge is -2.33. The average Bonchev–Trinajstić information content (AvgIpc) is 2.30. The normalized spacial score (nSPS) is 11.9. The van der Waals surface area contributed by atoms with Crippen molar-refractivity contribution >= 4 is 5.82 Å². The lowest BCUT2D eigenvalue weighted by atomic mass is 10.0. The molecule has 0 aliphatic carbocycles. The van der Waals surface area contributed by atoms with E-state index in [1.54, 1.807) is 0 Å². The molecule has 1 heterocycles. The number of rotatable bonds is 5. The molecule has 1 aromatic rings. The molecule has 4 nitrogen and oxygen atoms in total. The van der Waals surface area contributed by atoms with E-state index in [1.165, 1.54) is 0 Å². The van der Waals surface area contributed by atoms with Crippen LogP contribution in [-0.2, 0) is 6.54 Å². The first-order chi connectivity index (χ1) is 7.49. The van der Waals surface area contributed by atoms with Gasteiger partial charge in [0.2, 0.25) is 0 Å². The molecular formula is C12H21N3O. The molecule has 2 N–H and O–H groups in total. The van der Waals surface area contributed by atoms with E-state index in [0.29, 0.717) is 0 Å². The van der Waals surface area contributed by atoms with E-state index in [4.69, 9.17) is 0 Å². The third-order valence-electron chi connectivity index (χ3n) is 2.92. The SMILES string of the molecule is CNc1ccc(CN(C)C(C)(C)CO)cn1. The van der Waals surface area contributed by atoms with Gasteiger partial charge in [-0.25, -0.2) is 4.98 Å². The van der Waals surface area contributed by atoms with E-state index < -0.39 is 0 Å². The van der Waals surface area contributed by atoms with E-state index in [0.717, 1.165) is 17.9 Å². The van der Waals surface area contributed by atoms with E-state index >= 15 is 0 Å². The van der Waals surface area contributed by atoms with Crippen LogP contribution in [0.5, 0.6) is 0 Å². The summed E-state index contributed by atoms with van der Waals surface area (Å²) in [6.07, 6.45) is 1.86. The second kappa shape index (κ2) is 5.27. The minimum Gasteiger partial charge on any atom is -0.394 e. The zero-order valence-corrected chi connectivity index (χ0v) is 10.5. The molecule has 0 bridgehead atoms. The summed E-state index contributed by atoms with van der Waals surface area (Å²) in [5.41, 5.74) is 0.935. The molecule has 90 valence electrons. The Morgan fingerprint density at radius 2 is 2.12 bits per heavy atom. The van der Waals surface area contributed by atoms with Gasteiger partial charge in [0.1, 0.15) is 5.82 Å². The number of pyridine rings is 1. The summed E-state index contributed by atoms with van der Waals surface area (Å²) in [6.45, 7) is 4.96. The van der Waals surface area contributed by atoms with Crippen molar-refractivity contribution in [1.82, 2.24) is 9.88 Å². The first kappa shape index (κ1) is 12.9. The molecule has 1 rings (SSSR count). The molecule has 0 aliphatic heterocycles. The quantitative estimate of drug-likeness (QED) is 0.790. The Hall–Kier alpha value is -1.13. The number of aliphatic hydroxyl groups is 1. The van der Waals surface area contributed by atoms with E-state index in [-0.39, 0.29) is 12.1 Å². The van der Waals surface area contributed by atoms with Crippen LogP contribution in [0, 0.1) is 0 Å². The molecule has 0 aromatic carbocycles. The van der Waals surface area contributed by atoms with Gasteiger partial charge in [-0.15, -0.1) is 0 Å². The number of nitrogens with zero attached hydrogens (tertiary/aromatic N) is 2. The Labute approximate surface area is 97.3 Å². The number of anilines is 1. The van der Waals surface area contributed by atoms with Crippen LogP contribution in [0.3, 0.4) is 0 Å². The summed E-state index contributed by atoms with van der Waals surface area (Å²) in [6, 6.07) is 4.00. The molecule has 0 saturated carbocycles. The third-order valence-corrected chi connectivity index (χ3v) is 2.92. The van der Waals surface area contributed by atoms with E-state index in [9.17, 15) is 5.11 Å². The Morgan fingerprint density at radius 1 is 1.44 bits per heavy atom. The Kier molecular flexibility index (Phi) is 4.26.